The van der Waals surface area contributed by atoms with Crippen molar-refractivity contribution in [2.24, 2.45) is 0 Å². The average molecular weight is 522 g/mol. The summed E-state index contributed by atoms with van der Waals surface area (Å²) in [6.07, 6.45) is -0.389. The van der Waals surface area contributed by atoms with Crippen molar-refractivity contribution in [3.8, 4) is 5.75 Å². The first kappa shape index (κ1) is 26.5. The van der Waals surface area contributed by atoms with Crippen LogP contribution < -0.4 is 10.3 Å². The van der Waals surface area contributed by atoms with Gasteiger partial charge in [0.05, 0.1) is 5.69 Å². The maximum absolute atomic E-state index is 11.7. The fourth-order valence-electron chi connectivity index (χ4n) is 3.18. The lowest BCUT2D eigenvalue weighted by Crippen LogP contribution is -2.22. The molecule has 34 heavy (non-hydrogen) atoms. The van der Waals surface area contributed by atoms with Gasteiger partial charge >= 0.3 is 0 Å². The summed E-state index contributed by atoms with van der Waals surface area (Å²) >= 11 is 9.07. The van der Waals surface area contributed by atoms with E-state index in [0.29, 0.717) is 21.2 Å². The van der Waals surface area contributed by atoms with Gasteiger partial charge in [-0.3, -0.25) is 4.79 Å². The predicted molar refractivity (Wildman–Crippen MR) is 137 cm³/mol. The van der Waals surface area contributed by atoms with Crippen LogP contribution in [0.2, 0.25) is 5.02 Å². The van der Waals surface area contributed by atoms with Crippen molar-refractivity contribution < 1.29 is 19.4 Å². The lowest BCUT2D eigenvalue weighted by molar-refractivity contribution is -0.140. The second kappa shape index (κ2) is 12.6. The molecule has 3 atom stereocenters. The van der Waals surface area contributed by atoms with E-state index in [9.17, 15) is 10.0 Å². The van der Waals surface area contributed by atoms with E-state index in [0.717, 1.165) is 15.4 Å². The minimum Gasteiger partial charge on any atom is -0.487 e. The summed E-state index contributed by atoms with van der Waals surface area (Å²) in [5.74, 6) is 0.628. The number of pyridine rings is 1. The van der Waals surface area contributed by atoms with Gasteiger partial charge in [0.25, 0.3) is 5.56 Å². The van der Waals surface area contributed by atoms with Gasteiger partial charge in [-0.1, -0.05) is 41.2 Å². The molecule has 0 saturated carbocycles. The van der Waals surface area contributed by atoms with Crippen molar-refractivity contribution in [1.29, 1.82) is 0 Å². The van der Waals surface area contributed by atoms with Crippen LogP contribution in [-0.2, 0) is 16.1 Å². The van der Waals surface area contributed by atoms with Crippen molar-refractivity contribution in [1.82, 2.24) is 4.73 Å². The van der Waals surface area contributed by atoms with E-state index < -0.39 is 5.56 Å². The molecule has 0 aliphatic carbocycles. The van der Waals surface area contributed by atoms with Crippen molar-refractivity contribution in [3.05, 3.63) is 87.3 Å². The summed E-state index contributed by atoms with van der Waals surface area (Å²) in [5, 5.41) is 10.6. The third-order valence-corrected chi connectivity index (χ3v) is 6.81. The Morgan fingerprint density at radius 3 is 2.26 bits per heavy atom. The standard InChI is InChI=1S/C25H28ClNO5S2/c1-16-12-21(27(29)25(28)13-16)15-30-22-6-5-7-24(14-22)34-19(4)32-17(2)31-18(3)33-23-10-8-20(26)9-11-23/h5-14,17-19,29H,15H2,1-4H3. The number of benzene rings is 2. The first-order chi connectivity index (χ1) is 16.2. The van der Waals surface area contributed by atoms with Gasteiger partial charge in [-0.05, 0) is 81.8 Å². The molecule has 2 aromatic carbocycles. The third-order valence-electron chi connectivity index (χ3n) is 4.60. The van der Waals surface area contributed by atoms with Crippen molar-refractivity contribution in [2.75, 3.05) is 0 Å². The smallest absolute Gasteiger partial charge is 0.283 e. The third kappa shape index (κ3) is 8.29. The molecule has 182 valence electrons. The summed E-state index contributed by atoms with van der Waals surface area (Å²) in [6.45, 7) is 7.70. The number of aryl methyl sites for hydroxylation is 1. The number of aromatic nitrogens is 1. The fraction of sp³-hybridized carbons (Fsp3) is 0.320. The first-order valence-electron chi connectivity index (χ1n) is 10.7. The normalized spacial score (nSPS) is 13.9. The van der Waals surface area contributed by atoms with Gasteiger partial charge in [0.1, 0.15) is 23.2 Å². The Bertz CT molecular complexity index is 1140. The average Bonchev–Trinajstić information content (AvgIpc) is 2.76. The first-order valence-corrected chi connectivity index (χ1v) is 12.9. The number of thioether (sulfide) groups is 2. The highest BCUT2D eigenvalue weighted by Gasteiger charge is 2.15. The Labute approximate surface area is 213 Å². The molecule has 0 spiro atoms. The number of rotatable bonds is 11. The SMILES string of the molecule is Cc1cc(COc2cccc(SC(C)OC(C)OC(C)Sc3ccc(Cl)cc3)c2)n(O)c(=O)c1. The van der Waals surface area contributed by atoms with E-state index >= 15 is 0 Å². The molecular formula is C25H28ClNO5S2. The molecule has 0 radical (unpaired) electrons. The van der Waals surface area contributed by atoms with Crippen LogP contribution in [0, 0.1) is 6.92 Å². The minimum absolute atomic E-state index is 0.0711. The molecule has 3 unspecified atom stereocenters. The van der Waals surface area contributed by atoms with Gasteiger partial charge in [0.2, 0.25) is 0 Å². The Morgan fingerprint density at radius 1 is 0.941 bits per heavy atom. The van der Waals surface area contributed by atoms with Crippen LogP contribution >= 0.6 is 35.1 Å². The topological polar surface area (TPSA) is 69.9 Å². The molecule has 0 bridgehead atoms. The molecule has 0 aliphatic heterocycles. The van der Waals surface area contributed by atoms with Crippen LogP contribution in [0.5, 0.6) is 5.75 Å². The van der Waals surface area contributed by atoms with E-state index in [2.05, 4.69) is 0 Å². The molecule has 1 N–H and O–H groups in total. The molecule has 0 fully saturated rings. The number of ether oxygens (including phenoxy) is 3. The zero-order valence-corrected chi connectivity index (χ0v) is 21.8. The van der Waals surface area contributed by atoms with Gasteiger partial charge in [-0.25, -0.2) is 0 Å². The largest absolute Gasteiger partial charge is 0.487 e. The Kier molecular flexibility index (Phi) is 9.79. The van der Waals surface area contributed by atoms with E-state index in [-0.39, 0.29) is 23.8 Å². The van der Waals surface area contributed by atoms with Crippen LogP contribution in [-0.4, -0.2) is 27.1 Å². The molecule has 3 rings (SSSR count). The van der Waals surface area contributed by atoms with Crippen LogP contribution in [0.15, 0.2) is 75.2 Å². The zero-order chi connectivity index (χ0) is 24.7. The highest BCUT2D eigenvalue weighted by Crippen LogP contribution is 2.30. The summed E-state index contributed by atoms with van der Waals surface area (Å²) in [5.41, 5.74) is 0.428. The highest BCUT2D eigenvalue weighted by molar-refractivity contribution is 8.00. The van der Waals surface area contributed by atoms with Crippen LogP contribution in [0.1, 0.15) is 32.0 Å². The van der Waals surface area contributed by atoms with E-state index in [1.807, 2.05) is 69.3 Å². The van der Waals surface area contributed by atoms with Gasteiger partial charge < -0.3 is 19.4 Å². The molecule has 1 heterocycles. The monoisotopic (exact) mass is 521 g/mol. The van der Waals surface area contributed by atoms with E-state index in [1.54, 1.807) is 36.5 Å². The Balaban J connectivity index is 1.49. The summed E-state index contributed by atoms with van der Waals surface area (Å²) < 4.78 is 18.3. The summed E-state index contributed by atoms with van der Waals surface area (Å²) in [6, 6.07) is 18.3. The van der Waals surface area contributed by atoms with Crippen molar-refractivity contribution in [2.45, 2.75) is 61.3 Å². The molecule has 1 aromatic heterocycles. The number of halogens is 1. The van der Waals surface area contributed by atoms with Gasteiger partial charge in [0.15, 0.2) is 6.29 Å². The minimum atomic E-state index is -0.480. The maximum atomic E-state index is 11.7. The highest BCUT2D eigenvalue weighted by atomic mass is 35.5. The van der Waals surface area contributed by atoms with Crippen LogP contribution in [0.4, 0.5) is 0 Å². The van der Waals surface area contributed by atoms with Gasteiger partial charge in [-0.15, -0.1) is 4.73 Å². The van der Waals surface area contributed by atoms with E-state index in [4.69, 9.17) is 25.8 Å². The van der Waals surface area contributed by atoms with Gasteiger partial charge in [0, 0.05) is 20.9 Å². The molecule has 6 nitrogen and oxygen atoms in total. The molecule has 0 aliphatic rings. The molecule has 3 aromatic rings. The zero-order valence-electron chi connectivity index (χ0n) is 19.4. The second-order valence-corrected chi connectivity index (χ2v) is 10.8. The van der Waals surface area contributed by atoms with Crippen molar-refractivity contribution in [3.63, 3.8) is 0 Å². The van der Waals surface area contributed by atoms with E-state index in [1.165, 1.54) is 6.07 Å². The maximum Gasteiger partial charge on any atom is 0.283 e. The predicted octanol–water partition coefficient (Wildman–Crippen LogP) is 6.58. The van der Waals surface area contributed by atoms with Crippen LogP contribution in [0.25, 0.3) is 0 Å². The lowest BCUT2D eigenvalue weighted by Gasteiger charge is -2.22. The number of nitrogens with zero attached hydrogens (tertiary/aromatic N) is 1. The molecular weight excluding hydrogens is 494 g/mol. The molecule has 9 heteroatoms. The van der Waals surface area contributed by atoms with Crippen LogP contribution in [0.3, 0.4) is 0 Å². The lowest BCUT2D eigenvalue weighted by atomic mass is 10.2. The van der Waals surface area contributed by atoms with Crippen molar-refractivity contribution >= 4 is 35.1 Å². The second-order valence-electron chi connectivity index (χ2n) is 7.60. The number of hydrogen-bond donors (Lipinski definition) is 1. The quantitative estimate of drug-likeness (QED) is 0.173. The van der Waals surface area contributed by atoms with Gasteiger partial charge in [-0.2, -0.15) is 0 Å². The summed E-state index contributed by atoms with van der Waals surface area (Å²) in [7, 11) is 0. The molecule has 0 saturated heterocycles. The summed E-state index contributed by atoms with van der Waals surface area (Å²) in [4.78, 5) is 13.8. The Hall–Kier alpha value is -2.10. The fourth-order valence-corrected chi connectivity index (χ4v) is 5.14. The Morgan fingerprint density at radius 2 is 1.59 bits per heavy atom. The number of hydrogen-bond acceptors (Lipinski definition) is 7. The molecule has 0 amide bonds.